The van der Waals surface area contributed by atoms with E-state index in [1.807, 2.05) is 11.8 Å². The molecule has 2 heterocycles. The molecule has 1 atom stereocenters. The van der Waals surface area contributed by atoms with Gasteiger partial charge in [0.15, 0.2) is 5.17 Å². The summed E-state index contributed by atoms with van der Waals surface area (Å²) in [6, 6.07) is 0.517. The SMILES string of the molecule is CCC1CSC(NN2CCOCC2)=N1. The summed E-state index contributed by atoms with van der Waals surface area (Å²) in [6.07, 6.45) is 1.14. The fourth-order valence-corrected chi connectivity index (χ4v) is 2.57. The van der Waals surface area contributed by atoms with Crippen LogP contribution in [-0.2, 0) is 4.74 Å². The van der Waals surface area contributed by atoms with E-state index in [0.717, 1.165) is 43.6 Å². The Morgan fingerprint density at radius 3 is 3.00 bits per heavy atom. The number of nitrogens with one attached hydrogen (secondary N) is 1. The molecule has 1 unspecified atom stereocenters. The summed E-state index contributed by atoms with van der Waals surface area (Å²) < 4.78 is 5.28. The van der Waals surface area contributed by atoms with Crippen molar-refractivity contribution in [3.8, 4) is 0 Å². The van der Waals surface area contributed by atoms with Gasteiger partial charge in [-0.05, 0) is 6.42 Å². The zero-order valence-corrected chi connectivity index (χ0v) is 9.35. The first-order valence-electron chi connectivity index (χ1n) is 5.18. The summed E-state index contributed by atoms with van der Waals surface area (Å²) in [4.78, 5) is 4.59. The largest absolute Gasteiger partial charge is 0.379 e. The summed E-state index contributed by atoms with van der Waals surface area (Å²) in [7, 11) is 0. The van der Waals surface area contributed by atoms with Crippen LogP contribution in [0.1, 0.15) is 13.3 Å². The van der Waals surface area contributed by atoms with Crippen molar-refractivity contribution in [2.75, 3.05) is 32.1 Å². The number of morpholine rings is 1. The van der Waals surface area contributed by atoms with Crippen molar-refractivity contribution in [2.45, 2.75) is 19.4 Å². The summed E-state index contributed by atoms with van der Waals surface area (Å²) in [5.74, 6) is 1.13. The third-order valence-corrected chi connectivity index (χ3v) is 3.47. The van der Waals surface area contributed by atoms with Gasteiger partial charge >= 0.3 is 0 Å². The van der Waals surface area contributed by atoms with E-state index in [0.29, 0.717) is 6.04 Å². The lowest BCUT2D eigenvalue weighted by atomic mass is 10.3. The zero-order chi connectivity index (χ0) is 9.80. The van der Waals surface area contributed by atoms with E-state index < -0.39 is 0 Å². The van der Waals surface area contributed by atoms with E-state index in [-0.39, 0.29) is 0 Å². The average molecular weight is 215 g/mol. The minimum atomic E-state index is 0.517. The quantitative estimate of drug-likeness (QED) is 0.736. The molecular weight excluding hydrogens is 198 g/mol. The van der Waals surface area contributed by atoms with Crippen molar-refractivity contribution < 1.29 is 4.74 Å². The molecule has 0 spiro atoms. The average Bonchev–Trinajstić information content (AvgIpc) is 2.67. The van der Waals surface area contributed by atoms with Gasteiger partial charge in [0, 0.05) is 18.8 Å². The summed E-state index contributed by atoms with van der Waals surface area (Å²) in [5, 5.41) is 3.27. The van der Waals surface area contributed by atoms with Gasteiger partial charge in [0.25, 0.3) is 0 Å². The topological polar surface area (TPSA) is 36.9 Å². The molecule has 0 aromatic carbocycles. The van der Waals surface area contributed by atoms with E-state index in [2.05, 4.69) is 22.4 Å². The fourth-order valence-electron chi connectivity index (χ4n) is 1.50. The van der Waals surface area contributed by atoms with Crippen LogP contribution in [-0.4, -0.2) is 48.3 Å². The van der Waals surface area contributed by atoms with Crippen LogP contribution in [0.4, 0.5) is 0 Å². The van der Waals surface area contributed by atoms with Gasteiger partial charge in [-0.1, -0.05) is 18.7 Å². The Morgan fingerprint density at radius 2 is 2.36 bits per heavy atom. The monoisotopic (exact) mass is 215 g/mol. The highest BCUT2D eigenvalue weighted by molar-refractivity contribution is 8.14. The maximum absolute atomic E-state index is 5.28. The van der Waals surface area contributed by atoms with Crippen molar-refractivity contribution in [1.29, 1.82) is 0 Å². The smallest absolute Gasteiger partial charge is 0.171 e. The van der Waals surface area contributed by atoms with Crippen LogP contribution >= 0.6 is 11.8 Å². The number of amidine groups is 1. The second-order valence-electron chi connectivity index (χ2n) is 3.52. The van der Waals surface area contributed by atoms with Crippen LogP contribution in [0, 0.1) is 0 Å². The minimum absolute atomic E-state index is 0.517. The molecule has 1 N–H and O–H groups in total. The standard InChI is InChI=1S/C9H17N3OS/c1-2-8-7-14-9(10-8)11-12-3-5-13-6-4-12/h8H,2-7H2,1H3,(H,10,11). The van der Waals surface area contributed by atoms with Gasteiger partial charge in [-0.25, -0.2) is 5.01 Å². The number of thioether (sulfide) groups is 1. The van der Waals surface area contributed by atoms with E-state index in [4.69, 9.17) is 4.74 Å². The highest BCUT2D eigenvalue weighted by Gasteiger charge is 2.19. The highest BCUT2D eigenvalue weighted by atomic mass is 32.2. The van der Waals surface area contributed by atoms with Crippen LogP contribution < -0.4 is 5.43 Å². The third-order valence-electron chi connectivity index (χ3n) is 2.45. The molecule has 1 saturated heterocycles. The normalized spacial score (nSPS) is 28.9. The van der Waals surface area contributed by atoms with Gasteiger partial charge in [0.05, 0.1) is 19.3 Å². The van der Waals surface area contributed by atoms with Gasteiger partial charge in [0.1, 0.15) is 0 Å². The number of hydrogen-bond donors (Lipinski definition) is 1. The van der Waals surface area contributed by atoms with Crippen LogP contribution in [0.3, 0.4) is 0 Å². The van der Waals surface area contributed by atoms with Gasteiger partial charge in [-0.3, -0.25) is 10.4 Å². The van der Waals surface area contributed by atoms with Gasteiger partial charge in [-0.2, -0.15) is 0 Å². The maximum atomic E-state index is 5.28. The predicted octanol–water partition coefficient (Wildman–Crippen LogP) is 0.705. The lowest BCUT2D eigenvalue weighted by molar-refractivity contribution is 0.0253. The Bertz CT molecular complexity index is 216. The van der Waals surface area contributed by atoms with Crippen molar-refractivity contribution >= 4 is 16.9 Å². The predicted molar refractivity (Wildman–Crippen MR) is 59.5 cm³/mol. The first-order chi connectivity index (χ1) is 6.88. The van der Waals surface area contributed by atoms with Crippen LogP contribution in [0.15, 0.2) is 4.99 Å². The number of nitrogens with zero attached hydrogens (tertiary/aromatic N) is 2. The zero-order valence-electron chi connectivity index (χ0n) is 8.53. The van der Waals surface area contributed by atoms with Gasteiger partial charge in [0.2, 0.25) is 0 Å². The minimum Gasteiger partial charge on any atom is -0.379 e. The van der Waals surface area contributed by atoms with Crippen molar-refractivity contribution in [3.05, 3.63) is 0 Å². The lowest BCUT2D eigenvalue weighted by Gasteiger charge is -2.27. The molecule has 2 aliphatic heterocycles. The third kappa shape index (κ3) is 2.62. The molecule has 0 bridgehead atoms. The van der Waals surface area contributed by atoms with Crippen LogP contribution in [0.2, 0.25) is 0 Å². The molecule has 0 saturated carbocycles. The molecule has 5 heteroatoms. The molecule has 0 aromatic heterocycles. The number of aliphatic imine (C=N–C) groups is 1. The summed E-state index contributed by atoms with van der Waals surface area (Å²) in [6.45, 7) is 5.74. The van der Waals surface area contributed by atoms with Gasteiger partial charge < -0.3 is 4.74 Å². The molecule has 2 aliphatic rings. The van der Waals surface area contributed by atoms with Crippen molar-refractivity contribution in [1.82, 2.24) is 10.4 Å². The molecule has 0 radical (unpaired) electrons. The highest BCUT2D eigenvalue weighted by Crippen LogP contribution is 2.18. The van der Waals surface area contributed by atoms with E-state index >= 15 is 0 Å². The maximum Gasteiger partial charge on any atom is 0.171 e. The molecule has 14 heavy (non-hydrogen) atoms. The Kier molecular flexibility index (Phi) is 3.67. The van der Waals surface area contributed by atoms with Crippen molar-refractivity contribution in [2.24, 2.45) is 4.99 Å². The Hall–Kier alpha value is -0.260. The first kappa shape index (κ1) is 10.3. The molecule has 80 valence electrons. The molecule has 0 aromatic rings. The second-order valence-corrected chi connectivity index (χ2v) is 4.53. The van der Waals surface area contributed by atoms with Crippen LogP contribution in [0.25, 0.3) is 0 Å². The summed E-state index contributed by atoms with van der Waals surface area (Å²) in [5.41, 5.74) is 3.35. The molecule has 1 fully saturated rings. The van der Waals surface area contributed by atoms with Crippen LogP contribution in [0.5, 0.6) is 0 Å². The Balaban J connectivity index is 1.79. The van der Waals surface area contributed by atoms with E-state index in [1.165, 1.54) is 0 Å². The molecule has 2 rings (SSSR count). The second kappa shape index (κ2) is 5.00. The molecule has 0 amide bonds. The Morgan fingerprint density at radius 1 is 1.57 bits per heavy atom. The lowest BCUT2D eigenvalue weighted by Crippen LogP contribution is -2.47. The molecule has 4 nitrogen and oxygen atoms in total. The van der Waals surface area contributed by atoms with E-state index in [9.17, 15) is 0 Å². The fraction of sp³-hybridized carbons (Fsp3) is 0.889. The summed E-state index contributed by atoms with van der Waals surface area (Å²) >= 11 is 1.83. The molecule has 0 aliphatic carbocycles. The number of ether oxygens (including phenoxy) is 1. The van der Waals surface area contributed by atoms with Gasteiger partial charge in [-0.15, -0.1) is 0 Å². The first-order valence-corrected chi connectivity index (χ1v) is 6.17. The van der Waals surface area contributed by atoms with E-state index in [1.54, 1.807) is 0 Å². The number of rotatable bonds is 2. The number of hydrogen-bond acceptors (Lipinski definition) is 5. The number of hydrazine groups is 1. The molecular formula is C9H17N3OS. The Labute approximate surface area is 89.1 Å². The van der Waals surface area contributed by atoms with Crippen molar-refractivity contribution in [3.63, 3.8) is 0 Å².